The third kappa shape index (κ3) is 6.77. The van der Waals surface area contributed by atoms with E-state index in [1.54, 1.807) is 18.2 Å². The summed E-state index contributed by atoms with van der Waals surface area (Å²) in [5.41, 5.74) is 1.04. The van der Waals surface area contributed by atoms with Crippen LogP contribution < -0.4 is 15.4 Å². The Balaban J connectivity index is 1.68. The van der Waals surface area contributed by atoms with E-state index in [9.17, 15) is 18.8 Å². The molecule has 0 aliphatic rings. The number of amides is 2. The number of nitrogens with one attached hydrogen (secondary N) is 2. The lowest BCUT2D eigenvalue weighted by Gasteiger charge is -2.08. The van der Waals surface area contributed by atoms with Crippen LogP contribution in [0.4, 0.5) is 4.39 Å². The van der Waals surface area contributed by atoms with Gasteiger partial charge < -0.3 is 20.1 Å². The second-order valence-corrected chi connectivity index (χ2v) is 5.48. The number of hydrogen-bond acceptors (Lipinski definition) is 5. The maximum atomic E-state index is 12.8. The Kier molecular flexibility index (Phi) is 7.30. The molecule has 0 radical (unpaired) electrons. The van der Waals surface area contributed by atoms with Gasteiger partial charge in [-0.2, -0.15) is 0 Å². The van der Waals surface area contributed by atoms with Crippen molar-refractivity contribution in [3.8, 4) is 5.75 Å². The Morgan fingerprint density at radius 1 is 1.04 bits per heavy atom. The van der Waals surface area contributed by atoms with Crippen LogP contribution in [0.5, 0.6) is 5.75 Å². The fraction of sp³-hybridized carbons (Fsp3) is 0.211. The summed E-state index contributed by atoms with van der Waals surface area (Å²) in [6.07, 6.45) is 0. The average Bonchev–Trinajstić information content (AvgIpc) is 2.70. The van der Waals surface area contributed by atoms with Gasteiger partial charge in [-0.05, 0) is 35.9 Å². The van der Waals surface area contributed by atoms with Gasteiger partial charge in [0.05, 0.1) is 7.11 Å². The van der Waals surface area contributed by atoms with Gasteiger partial charge in [-0.25, -0.2) is 4.39 Å². The van der Waals surface area contributed by atoms with Crippen molar-refractivity contribution in [2.75, 3.05) is 20.3 Å². The van der Waals surface area contributed by atoms with E-state index < -0.39 is 24.4 Å². The highest BCUT2D eigenvalue weighted by Gasteiger charge is 2.11. The molecule has 2 aromatic rings. The van der Waals surface area contributed by atoms with Gasteiger partial charge in [0.2, 0.25) is 0 Å². The number of ether oxygens (including phenoxy) is 2. The Hall–Kier alpha value is -3.42. The van der Waals surface area contributed by atoms with Crippen molar-refractivity contribution in [3.63, 3.8) is 0 Å². The normalized spacial score (nSPS) is 10.0. The van der Waals surface area contributed by atoms with Crippen LogP contribution in [0.3, 0.4) is 0 Å². The summed E-state index contributed by atoms with van der Waals surface area (Å²) in [6, 6.07) is 12.1. The molecule has 0 atom stereocenters. The quantitative estimate of drug-likeness (QED) is 0.682. The van der Waals surface area contributed by atoms with Crippen LogP contribution in [0.15, 0.2) is 48.5 Å². The minimum atomic E-state index is -0.747. The van der Waals surface area contributed by atoms with E-state index in [0.29, 0.717) is 16.9 Å². The predicted octanol–water partition coefficient (Wildman–Crippen LogP) is 1.42. The molecule has 2 aromatic carbocycles. The zero-order valence-electron chi connectivity index (χ0n) is 14.7. The number of carbonyl (C=O) groups is 3. The van der Waals surface area contributed by atoms with E-state index in [1.165, 1.54) is 37.4 Å². The monoisotopic (exact) mass is 374 g/mol. The fourth-order valence-corrected chi connectivity index (χ4v) is 2.07. The molecule has 0 bridgehead atoms. The van der Waals surface area contributed by atoms with Crippen molar-refractivity contribution in [1.82, 2.24) is 10.6 Å². The van der Waals surface area contributed by atoms with Gasteiger partial charge in [0.1, 0.15) is 18.1 Å². The van der Waals surface area contributed by atoms with Crippen molar-refractivity contribution in [2.24, 2.45) is 0 Å². The number of esters is 1. The van der Waals surface area contributed by atoms with Gasteiger partial charge >= 0.3 is 5.97 Å². The van der Waals surface area contributed by atoms with Gasteiger partial charge in [0.25, 0.3) is 11.8 Å². The van der Waals surface area contributed by atoms with Gasteiger partial charge in [0, 0.05) is 12.1 Å². The molecule has 27 heavy (non-hydrogen) atoms. The minimum absolute atomic E-state index is 0.184. The highest BCUT2D eigenvalue weighted by atomic mass is 19.1. The lowest BCUT2D eigenvalue weighted by molar-refractivity contribution is -0.147. The summed E-state index contributed by atoms with van der Waals surface area (Å²) in [7, 11) is 1.48. The summed E-state index contributed by atoms with van der Waals surface area (Å²) >= 11 is 0. The lowest BCUT2D eigenvalue weighted by atomic mass is 10.2. The second kappa shape index (κ2) is 9.91. The number of methoxy groups -OCH3 is 1. The molecule has 0 aliphatic carbocycles. The van der Waals surface area contributed by atoms with E-state index in [0.717, 1.165) is 0 Å². The molecule has 0 fully saturated rings. The zero-order valence-corrected chi connectivity index (χ0v) is 14.7. The summed E-state index contributed by atoms with van der Waals surface area (Å²) in [6.45, 7) is -0.667. The molecular weight excluding hydrogens is 355 g/mol. The SMILES string of the molecule is COc1cccc(C(=O)NCC(=O)OCC(=O)NCc2ccc(F)cc2)c1. The summed E-state index contributed by atoms with van der Waals surface area (Å²) in [5.74, 6) is -1.57. The van der Waals surface area contributed by atoms with E-state index in [1.807, 2.05) is 0 Å². The van der Waals surface area contributed by atoms with Crippen molar-refractivity contribution in [3.05, 3.63) is 65.5 Å². The predicted molar refractivity (Wildman–Crippen MR) is 94.5 cm³/mol. The van der Waals surface area contributed by atoms with Gasteiger partial charge in [-0.1, -0.05) is 18.2 Å². The van der Waals surface area contributed by atoms with Crippen LogP contribution in [-0.4, -0.2) is 38.0 Å². The summed E-state index contributed by atoms with van der Waals surface area (Å²) in [4.78, 5) is 35.2. The van der Waals surface area contributed by atoms with Crippen LogP contribution in [-0.2, 0) is 20.9 Å². The zero-order chi connectivity index (χ0) is 19.6. The highest BCUT2D eigenvalue weighted by Crippen LogP contribution is 2.12. The number of carbonyl (C=O) groups excluding carboxylic acids is 3. The molecule has 2 amide bonds. The van der Waals surface area contributed by atoms with Crippen LogP contribution >= 0.6 is 0 Å². The van der Waals surface area contributed by atoms with Crippen molar-refractivity contribution < 1.29 is 28.2 Å². The number of hydrogen-bond donors (Lipinski definition) is 2. The summed E-state index contributed by atoms with van der Waals surface area (Å²) < 4.78 is 22.6. The second-order valence-electron chi connectivity index (χ2n) is 5.48. The molecule has 0 unspecified atom stereocenters. The molecule has 0 aliphatic heterocycles. The lowest BCUT2D eigenvalue weighted by Crippen LogP contribution is -2.33. The fourth-order valence-electron chi connectivity index (χ4n) is 2.07. The summed E-state index contributed by atoms with van der Waals surface area (Å²) in [5, 5.41) is 4.94. The first-order chi connectivity index (χ1) is 13.0. The first-order valence-corrected chi connectivity index (χ1v) is 8.07. The molecule has 2 N–H and O–H groups in total. The Labute approximate surface area is 155 Å². The van der Waals surface area contributed by atoms with E-state index in [4.69, 9.17) is 9.47 Å². The molecule has 0 heterocycles. The van der Waals surface area contributed by atoms with Gasteiger partial charge in [-0.3, -0.25) is 14.4 Å². The Bertz CT molecular complexity index is 808. The molecule has 8 heteroatoms. The van der Waals surface area contributed by atoms with Crippen LogP contribution in [0, 0.1) is 5.82 Å². The molecule has 0 aromatic heterocycles. The van der Waals surface area contributed by atoms with E-state index >= 15 is 0 Å². The Morgan fingerprint density at radius 3 is 2.48 bits per heavy atom. The molecule has 0 spiro atoms. The minimum Gasteiger partial charge on any atom is -0.497 e. The molecule has 0 saturated carbocycles. The van der Waals surface area contributed by atoms with Crippen LogP contribution in [0.25, 0.3) is 0 Å². The van der Waals surface area contributed by atoms with Crippen molar-refractivity contribution in [2.45, 2.75) is 6.54 Å². The van der Waals surface area contributed by atoms with Gasteiger partial charge in [-0.15, -0.1) is 0 Å². The standard InChI is InChI=1S/C19H19FN2O5/c1-26-16-4-2-3-14(9-16)19(25)22-11-18(24)27-12-17(23)21-10-13-5-7-15(20)8-6-13/h2-9H,10-12H2,1H3,(H,21,23)(H,22,25). The first kappa shape index (κ1) is 19.9. The number of halogens is 1. The number of benzene rings is 2. The highest BCUT2D eigenvalue weighted by molar-refractivity contribution is 5.96. The maximum absolute atomic E-state index is 12.8. The van der Waals surface area contributed by atoms with Crippen LogP contribution in [0.1, 0.15) is 15.9 Å². The largest absolute Gasteiger partial charge is 0.497 e. The smallest absolute Gasteiger partial charge is 0.325 e. The van der Waals surface area contributed by atoms with Crippen LogP contribution in [0.2, 0.25) is 0 Å². The van der Waals surface area contributed by atoms with Crippen molar-refractivity contribution >= 4 is 17.8 Å². The average molecular weight is 374 g/mol. The topological polar surface area (TPSA) is 93.7 Å². The third-order valence-electron chi connectivity index (χ3n) is 3.49. The molecular formula is C19H19FN2O5. The maximum Gasteiger partial charge on any atom is 0.325 e. The molecule has 142 valence electrons. The van der Waals surface area contributed by atoms with Crippen molar-refractivity contribution in [1.29, 1.82) is 0 Å². The first-order valence-electron chi connectivity index (χ1n) is 8.07. The number of rotatable bonds is 8. The third-order valence-corrected chi connectivity index (χ3v) is 3.49. The molecule has 2 rings (SSSR count). The van der Waals surface area contributed by atoms with E-state index in [-0.39, 0.29) is 18.9 Å². The molecule has 0 saturated heterocycles. The molecule has 7 nitrogen and oxygen atoms in total. The Morgan fingerprint density at radius 2 is 1.78 bits per heavy atom. The van der Waals surface area contributed by atoms with Gasteiger partial charge in [0.15, 0.2) is 6.61 Å². The van der Waals surface area contributed by atoms with E-state index in [2.05, 4.69) is 10.6 Å².